The lowest BCUT2D eigenvalue weighted by Crippen LogP contribution is -2.38. The zero-order valence-corrected chi connectivity index (χ0v) is 13.3. The molecule has 21 heavy (non-hydrogen) atoms. The fourth-order valence-corrected chi connectivity index (χ4v) is 2.58. The average Bonchev–Trinajstić information content (AvgIpc) is 2.48. The molecule has 1 aromatic carbocycles. The van der Waals surface area contributed by atoms with Crippen molar-refractivity contribution in [1.29, 1.82) is 0 Å². The highest BCUT2D eigenvalue weighted by Crippen LogP contribution is 2.33. The Balaban J connectivity index is 0.00000220. The highest BCUT2D eigenvalue weighted by atomic mass is 35.5. The molecule has 118 valence electrons. The first-order chi connectivity index (χ1) is 9.72. The Labute approximate surface area is 132 Å². The molecule has 0 spiro atoms. The van der Waals surface area contributed by atoms with Gasteiger partial charge in [0.1, 0.15) is 0 Å². The van der Waals surface area contributed by atoms with Gasteiger partial charge in [-0.2, -0.15) is 0 Å². The monoisotopic (exact) mass is 312 g/mol. The number of ether oxygens (including phenoxy) is 1. The molecule has 1 fully saturated rings. The van der Waals surface area contributed by atoms with Crippen LogP contribution in [0.3, 0.4) is 0 Å². The topological polar surface area (TPSA) is 64.3 Å². The molecule has 4 nitrogen and oxygen atoms in total. The first kappa shape index (κ1) is 18.0. The third-order valence-corrected chi connectivity index (χ3v) is 3.75. The molecule has 1 amide bonds. The van der Waals surface area contributed by atoms with E-state index in [2.05, 4.69) is 36.5 Å². The largest absolute Gasteiger partial charge is 0.373 e. The Kier molecular flexibility index (Phi) is 7.72. The van der Waals surface area contributed by atoms with Crippen molar-refractivity contribution < 1.29 is 9.53 Å². The maximum atomic E-state index is 12.3. The van der Waals surface area contributed by atoms with E-state index in [0.29, 0.717) is 13.1 Å². The van der Waals surface area contributed by atoms with Crippen LogP contribution in [0.25, 0.3) is 0 Å². The maximum Gasteiger partial charge on any atom is 0.226 e. The van der Waals surface area contributed by atoms with E-state index in [9.17, 15) is 4.79 Å². The van der Waals surface area contributed by atoms with E-state index in [4.69, 9.17) is 10.5 Å². The third-order valence-electron chi connectivity index (χ3n) is 3.75. The number of aryl methyl sites for hydroxylation is 1. The summed E-state index contributed by atoms with van der Waals surface area (Å²) >= 11 is 0. The van der Waals surface area contributed by atoms with Gasteiger partial charge in [0.2, 0.25) is 5.91 Å². The van der Waals surface area contributed by atoms with Crippen molar-refractivity contribution in [3.8, 4) is 0 Å². The summed E-state index contributed by atoms with van der Waals surface area (Å²) < 4.78 is 5.86. The minimum atomic E-state index is -0.123. The zero-order valence-electron chi connectivity index (χ0n) is 12.5. The summed E-state index contributed by atoms with van der Waals surface area (Å²) in [7, 11) is 0. The van der Waals surface area contributed by atoms with E-state index < -0.39 is 0 Å². The van der Waals surface area contributed by atoms with Crippen LogP contribution in [-0.2, 0) is 9.53 Å². The molecule has 2 atom stereocenters. The molecule has 2 unspecified atom stereocenters. The highest BCUT2D eigenvalue weighted by molar-refractivity contribution is 5.85. The summed E-state index contributed by atoms with van der Waals surface area (Å²) in [6.45, 7) is 4.03. The Bertz CT molecular complexity index is 436. The lowest BCUT2D eigenvalue weighted by Gasteiger charge is -2.31. The second-order valence-corrected chi connectivity index (χ2v) is 5.38. The Morgan fingerprint density at radius 3 is 2.76 bits per heavy atom. The number of amides is 1. The minimum Gasteiger partial charge on any atom is -0.373 e. The van der Waals surface area contributed by atoms with Gasteiger partial charge in [-0.1, -0.05) is 29.8 Å². The van der Waals surface area contributed by atoms with Crippen LogP contribution in [-0.4, -0.2) is 25.6 Å². The number of rotatable bonds is 5. The Morgan fingerprint density at radius 2 is 2.10 bits per heavy atom. The van der Waals surface area contributed by atoms with Crippen molar-refractivity contribution in [3.63, 3.8) is 0 Å². The van der Waals surface area contributed by atoms with Crippen LogP contribution >= 0.6 is 12.4 Å². The van der Waals surface area contributed by atoms with Crippen LogP contribution in [0.2, 0.25) is 0 Å². The predicted molar refractivity (Wildman–Crippen MR) is 86.5 cm³/mol. The van der Waals surface area contributed by atoms with Crippen molar-refractivity contribution in [1.82, 2.24) is 5.32 Å². The lowest BCUT2D eigenvalue weighted by atomic mass is 9.88. The summed E-state index contributed by atoms with van der Waals surface area (Å²) in [6.07, 6.45) is 2.51. The van der Waals surface area contributed by atoms with Gasteiger partial charge in [-0.15, -0.1) is 12.4 Å². The summed E-state index contributed by atoms with van der Waals surface area (Å²) in [5.41, 5.74) is 7.76. The van der Waals surface area contributed by atoms with Crippen LogP contribution in [0.5, 0.6) is 0 Å². The molecular weight excluding hydrogens is 288 g/mol. The van der Waals surface area contributed by atoms with Gasteiger partial charge in [-0.05, 0) is 38.3 Å². The average molecular weight is 313 g/mol. The molecule has 0 aliphatic carbocycles. The van der Waals surface area contributed by atoms with Crippen molar-refractivity contribution in [2.75, 3.05) is 19.7 Å². The van der Waals surface area contributed by atoms with Crippen LogP contribution in [0.15, 0.2) is 24.3 Å². The molecule has 3 N–H and O–H groups in total. The summed E-state index contributed by atoms with van der Waals surface area (Å²) in [5.74, 6) is -0.00652. The number of carbonyl (C=O) groups is 1. The molecule has 0 aromatic heterocycles. The SMILES string of the molecule is Cc1ccc(C2OCCCC2C(=O)NCCCN)cc1.Cl. The first-order valence-electron chi connectivity index (χ1n) is 7.38. The van der Waals surface area contributed by atoms with Gasteiger partial charge in [0.25, 0.3) is 0 Å². The number of hydrogen-bond donors (Lipinski definition) is 2. The van der Waals surface area contributed by atoms with Gasteiger partial charge < -0.3 is 15.8 Å². The quantitative estimate of drug-likeness (QED) is 0.820. The number of carbonyl (C=O) groups excluding carboxylic acids is 1. The van der Waals surface area contributed by atoms with E-state index in [1.54, 1.807) is 0 Å². The number of halogens is 1. The molecule has 0 radical (unpaired) electrons. The Morgan fingerprint density at radius 1 is 1.38 bits per heavy atom. The van der Waals surface area contributed by atoms with E-state index in [-0.39, 0.29) is 30.3 Å². The fraction of sp³-hybridized carbons (Fsp3) is 0.562. The van der Waals surface area contributed by atoms with Gasteiger partial charge in [-0.3, -0.25) is 4.79 Å². The molecule has 1 aliphatic rings. The number of nitrogens with one attached hydrogen (secondary N) is 1. The zero-order chi connectivity index (χ0) is 14.4. The minimum absolute atomic E-state index is 0. The summed E-state index contributed by atoms with van der Waals surface area (Å²) in [6, 6.07) is 8.25. The summed E-state index contributed by atoms with van der Waals surface area (Å²) in [5, 5.41) is 2.97. The lowest BCUT2D eigenvalue weighted by molar-refractivity contribution is -0.134. The Hall–Kier alpha value is -1.10. The van der Waals surface area contributed by atoms with Crippen LogP contribution in [0, 0.1) is 12.8 Å². The molecular formula is C16H25ClN2O2. The van der Waals surface area contributed by atoms with Gasteiger partial charge in [-0.25, -0.2) is 0 Å². The standard InChI is InChI=1S/C16H24N2O2.ClH/c1-12-5-7-13(8-6-12)15-14(4-2-11-20-15)16(19)18-10-3-9-17;/h5-8,14-15H,2-4,9-11,17H2,1H3,(H,18,19);1H. The molecule has 5 heteroatoms. The summed E-state index contributed by atoms with van der Waals surface area (Å²) in [4.78, 5) is 12.3. The first-order valence-corrected chi connectivity index (χ1v) is 7.38. The van der Waals surface area contributed by atoms with Crippen LogP contribution < -0.4 is 11.1 Å². The second kappa shape index (κ2) is 9.03. The third kappa shape index (κ3) is 4.99. The van der Waals surface area contributed by atoms with E-state index in [1.807, 2.05) is 0 Å². The fourth-order valence-electron chi connectivity index (χ4n) is 2.58. The molecule has 1 heterocycles. The van der Waals surface area contributed by atoms with Gasteiger partial charge in [0, 0.05) is 13.2 Å². The number of benzene rings is 1. The van der Waals surface area contributed by atoms with Crippen LogP contribution in [0.1, 0.15) is 36.5 Å². The molecule has 1 aliphatic heterocycles. The van der Waals surface area contributed by atoms with Gasteiger partial charge in [0.05, 0.1) is 12.0 Å². The number of hydrogen-bond acceptors (Lipinski definition) is 3. The van der Waals surface area contributed by atoms with E-state index >= 15 is 0 Å². The van der Waals surface area contributed by atoms with Crippen molar-refractivity contribution >= 4 is 18.3 Å². The highest BCUT2D eigenvalue weighted by Gasteiger charge is 2.32. The van der Waals surface area contributed by atoms with Crippen molar-refractivity contribution in [2.45, 2.75) is 32.3 Å². The molecule has 1 aromatic rings. The van der Waals surface area contributed by atoms with E-state index in [1.165, 1.54) is 5.56 Å². The van der Waals surface area contributed by atoms with Gasteiger partial charge >= 0.3 is 0 Å². The molecule has 0 bridgehead atoms. The second-order valence-electron chi connectivity index (χ2n) is 5.38. The smallest absolute Gasteiger partial charge is 0.226 e. The molecule has 2 rings (SSSR count). The maximum absolute atomic E-state index is 12.3. The van der Waals surface area contributed by atoms with Crippen molar-refractivity contribution in [3.05, 3.63) is 35.4 Å². The van der Waals surface area contributed by atoms with Gasteiger partial charge in [0.15, 0.2) is 0 Å². The normalized spacial score (nSPS) is 21.4. The predicted octanol–water partition coefficient (Wildman–Crippen LogP) is 2.35. The number of nitrogens with two attached hydrogens (primary N) is 1. The molecule has 1 saturated heterocycles. The van der Waals surface area contributed by atoms with Crippen LogP contribution in [0.4, 0.5) is 0 Å². The van der Waals surface area contributed by atoms with Crippen molar-refractivity contribution in [2.24, 2.45) is 11.7 Å². The molecule has 0 saturated carbocycles. The van der Waals surface area contributed by atoms with E-state index in [0.717, 1.165) is 31.4 Å².